The van der Waals surface area contributed by atoms with Gasteiger partial charge in [0, 0.05) is 34.7 Å². The molecule has 2 atom stereocenters. The van der Waals surface area contributed by atoms with Crippen molar-refractivity contribution in [3.63, 3.8) is 0 Å². The van der Waals surface area contributed by atoms with Gasteiger partial charge in [0.1, 0.15) is 0 Å². The number of rotatable bonds is 4. The highest BCUT2D eigenvalue weighted by atomic mass is 79.9. The van der Waals surface area contributed by atoms with E-state index in [1.165, 1.54) is 12.1 Å². The van der Waals surface area contributed by atoms with Gasteiger partial charge in [0.25, 0.3) is 0 Å². The summed E-state index contributed by atoms with van der Waals surface area (Å²) in [6, 6.07) is 7.22. The molecule has 4 heteroatoms. The van der Waals surface area contributed by atoms with Gasteiger partial charge in [-0.3, -0.25) is 0 Å². The van der Waals surface area contributed by atoms with Crippen LogP contribution in [0.4, 0.5) is 5.69 Å². The predicted octanol–water partition coefficient (Wildman–Crippen LogP) is 4.71. The molecule has 1 saturated heterocycles. The van der Waals surface area contributed by atoms with E-state index in [-0.39, 0.29) is 0 Å². The molecule has 2 rings (SSSR count). The summed E-state index contributed by atoms with van der Waals surface area (Å²) in [5.74, 6) is 0.723. The number of nitrogens with one attached hydrogen (secondary N) is 1. The molecule has 1 N–H and O–H groups in total. The van der Waals surface area contributed by atoms with E-state index in [9.17, 15) is 0 Å². The quantitative estimate of drug-likeness (QED) is 0.838. The molecule has 2 nitrogen and oxygen atoms in total. The van der Waals surface area contributed by atoms with Crippen LogP contribution in [0.3, 0.4) is 0 Å². The topological polar surface area (TPSA) is 15.3 Å². The predicted molar refractivity (Wildman–Crippen MR) is 91.8 cm³/mol. The second kappa shape index (κ2) is 7.15. The minimum atomic E-state index is 0.552. The Morgan fingerprint density at radius 1 is 1.45 bits per heavy atom. The SMILES string of the molecule is CCC1CNC(CC(C)C)CN1c1ccc(Cl)cc1Br. The fraction of sp³-hybridized carbons (Fsp3) is 0.625. The molecule has 1 heterocycles. The van der Waals surface area contributed by atoms with Crippen molar-refractivity contribution >= 4 is 33.2 Å². The third-order valence-corrected chi connectivity index (χ3v) is 4.82. The number of benzene rings is 1. The Morgan fingerprint density at radius 2 is 2.20 bits per heavy atom. The van der Waals surface area contributed by atoms with Crippen LogP contribution in [0.15, 0.2) is 22.7 Å². The van der Waals surface area contributed by atoms with Crippen molar-refractivity contribution in [3.8, 4) is 0 Å². The summed E-state index contributed by atoms with van der Waals surface area (Å²) in [5.41, 5.74) is 1.26. The standard InChI is InChI=1S/C16H24BrClN2/c1-4-14-9-19-13(7-11(2)3)10-20(14)16-6-5-12(18)8-15(16)17/h5-6,8,11,13-14,19H,4,7,9-10H2,1-3H3. The maximum Gasteiger partial charge on any atom is 0.0515 e. The van der Waals surface area contributed by atoms with E-state index < -0.39 is 0 Å². The van der Waals surface area contributed by atoms with Gasteiger partial charge >= 0.3 is 0 Å². The lowest BCUT2D eigenvalue weighted by Crippen LogP contribution is -2.56. The highest BCUT2D eigenvalue weighted by Crippen LogP contribution is 2.32. The van der Waals surface area contributed by atoms with E-state index in [2.05, 4.69) is 53.0 Å². The number of halogens is 2. The Hall–Kier alpha value is -0.250. The summed E-state index contributed by atoms with van der Waals surface area (Å²) in [6.07, 6.45) is 2.37. The molecule has 0 aliphatic carbocycles. The Morgan fingerprint density at radius 3 is 2.80 bits per heavy atom. The summed E-state index contributed by atoms with van der Waals surface area (Å²) in [7, 11) is 0. The maximum atomic E-state index is 6.06. The van der Waals surface area contributed by atoms with Crippen LogP contribution in [0.5, 0.6) is 0 Å². The summed E-state index contributed by atoms with van der Waals surface area (Å²) >= 11 is 9.73. The van der Waals surface area contributed by atoms with Gasteiger partial charge in [-0.25, -0.2) is 0 Å². The molecule has 1 aliphatic heterocycles. The second-order valence-electron chi connectivity index (χ2n) is 6.04. The first-order valence-electron chi connectivity index (χ1n) is 7.46. The normalized spacial score (nSPS) is 23.4. The lowest BCUT2D eigenvalue weighted by molar-refractivity contribution is 0.343. The Balaban J connectivity index is 2.20. The zero-order chi connectivity index (χ0) is 14.7. The summed E-state index contributed by atoms with van der Waals surface area (Å²) in [4.78, 5) is 2.53. The van der Waals surface area contributed by atoms with Crippen molar-refractivity contribution in [2.24, 2.45) is 5.92 Å². The van der Waals surface area contributed by atoms with E-state index in [0.29, 0.717) is 12.1 Å². The van der Waals surface area contributed by atoms with Gasteiger partial charge in [-0.1, -0.05) is 32.4 Å². The molecule has 1 fully saturated rings. The molecule has 0 aromatic heterocycles. The zero-order valence-corrected chi connectivity index (χ0v) is 14.8. The lowest BCUT2D eigenvalue weighted by atomic mass is 9.98. The fourth-order valence-electron chi connectivity index (χ4n) is 2.96. The summed E-state index contributed by atoms with van der Waals surface area (Å²) < 4.78 is 1.09. The lowest BCUT2D eigenvalue weighted by Gasteiger charge is -2.42. The van der Waals surface area contributed by atoms with Crippen molar-refractivity contribution in [1.29, 1.82) is 0 Å². The number of anilines is 1. The fourth-order valence-corrected chi connectivity index (χ4v) is 3.88. The highest BCUT2D eigenvalue weighted by Gasteiger charge is 2.28. The molecule has 20 heavy (non-hydrogen) atoms. The van der Waals surface area contributed by atoms with Gasteiger partial charge in [-0.2, -0.15) is 0 Å². The minimum Gasteiger partial charge on any atom is -0.365 e. The largest absolute Gasteiger partial charge is 0.365 e. The molecule has 2 unspecified atom stereocenters. The van der Waals surface area contributed by atoms with Crippen molar-refractivity contribution in [1.82, 2.24) is 5.32 Å². The van der Waals surface area contributed by atoms with Crippen LogP contribution >= 0.6 is 27.5 Å². The summed E-state index contributed by atoms with van der Waals surface area (Å²) in [6.45, 7) is 8.96. The van der Waals surface area contributed by atoms with Crippen LogP contribution in [0.25, 0.3) is 0 Å². The van der Waals surface area contributed by atoms with E-state index in [1.54, 1.807) is 0 Å². The summed E-state index contributed by atoms with van der Waals surface area (Å²) in [5, 5.41) is 4.48. The number of nitrogens with zero attached hydrogens (tertiary/aromatic N) is 1. The van der Waals surface area contributed by atoms with Crippen LogP contribution in [0.2, 0.25) is 5.02 Å². The molecular formula is C16H24BrClN2. The van der Waals surface area contributed by atoms with E-state index in [4.69, 9.17) is 11.6 Å². The Kier molecular flexibility index (Phi) is 5.76. The molecule has 1 aromatic carbocycles. The average Bonchev–Trinajstić information content (AvgIpc) is 2.38. The Bertz CT molecular complexity index is 450. The monoisotopic (exact) mass is 358 g/mol. The average molecular weight is 360 g/mol. The van der Waals surface area contributed by atoms with Crippen molar-refractivity contribution < 1.29 is 0 Å². The molecule has 112 valence electrons. The molecule has 0 spiro atoms. The van der Waals surface area contributed by atoms with Crippen LogP contribution in [0.1, 0.15) is 33.6 Å². The Labute approximate surface area is 136 Å². The van der Waals surface area contributed by atoms with E-state index in [0.717, 1.165) is 34.9 Å². The smallest absolute Gasteiger partial charge is 0.0515 e. The van der Waals surface area contributed by atoms with Crippen molar-refractivity contribution in [2.45, 2.75) is 45.7 Å². The molecule has 0 amide bonds. The van der Waals surface area contributed by atoms with Crippen molar-refractivity contribution in [3.05, 3.63) is 27.7 Å². The van der Waals surface area contributed by atoms with Crippen LogP contribution in [0, 0.1) is 5.92 Å². The first kappa shape index (κ1) is 16.1. The third-order valence-electron chi connectivity index (χ3n) is 3.95. The van der Waals surface area contributed by atoms with E-state index >= 15 is 0 Å². The molecular weight excluding hydrogens is 336 g/mol. The van der Waals surface area contributed by atoms with Crippen LogP contribution in [-0.2, 0) is 0 Å². The third kappa shape index (κ3) is 3.90. The van der Waals surface area contributed by atoms with Crippen LogP contribution < -0.4 is 10.2 Å². The first-order valence-corrected chi connectivity index (χ1v) is 8.63. The number of hydrogen-bond acceptors (Lipinski definition) is 2. The number of hydrogen-bond donors (Lipinski definition) is 1. The minimum absolute atomic E-state index is 0.552. The van der Waals surface area contributed by atoms with Gasteiger partial charge in [0.2, 0.25) is 0 Å². The van der Waals surface area contributed by atoms with Gasteiger partial charge < -0.3 is 10.2 Å². The first-order chi connectivity index (χ1) is 9.51. The van der Waals surface area contributed by atoms with Gasteiger partial charge in [0.15, 0.2) is 0 Å². The maximum absolute atomic E-state index is 6.06. The van der Waals surface area contributed by atoms with Gasteiger partial charge in [-0.05, 0) is 52.9 Å². The highest BCUT2D eigenvalue weighted by molar-refractivity contribution is 9.10. The number of piperazine rings is 1. The molecule has 0 saturated carbocycles. The zero-order valence-electron chi connectivity index (χ0n) is 12.5. The van der Waals surface area contributed by atoms with Gasteiger partial charge in [0.05, 0.1) is 5.69 Å². The van der Waals surface area contributed by atoms with Crippen molar-refractivity contribution in [2.75, 3.05) is 18.0 Å². The van der Waals surface area contributed by atoms with E-state index in [1.807, 2.05) is 12.1 Å². The molecule has 0 bridgehead atoms. The molecule has 1 aliphatic rings. The van der Waals surface area contributed by atoms with Gasteiger partial charge in [-0.15, -0.1) is 0 Å². The second-order valence-corrected chi connectivity index (χ2v) is 7.34. The molecule has 0 radical (unpaired) electrons. The van der Waals surface area contributed by atoms with Crippen LogP contribution in [-0.4, -0.2) is 25.2 Å². The molecule has 1 aromatic rings.